The number of aliphatic imine (C=N–C) groups is 1. The zero-order valence-electron chi connectivity index (χ0n) is 14.5. The first-order chi connectivity index (χ1) is 11.2. The number of guanidine groups is 1. The first-order valence-corrected chi connectivity index (χ1v) is 9.77. The molecule has 0 spiro atoms. The molecule has 0 saturated carbocycles. The second-order valence-corrected chi connectivity index (χ2v) is 6.87. The Hall–Kier alpha value is -1.43. The second kappa shape index (κ2) is 9.65. The highest BCUT2D eigenvalue weighted by Crippen LogP contribution is 2.18. The molecular formula is C17H29N5S. The molecule has 128 valence electrons. The first-order valence-electron chi connectivity index (χ1n) is 8.37. The van der Waals surface area contributed by atoms with E-state index >= 15 is 0 Å². The van der Waals surface area contributed by atoms with Crippen molar-refractivity contribution in [1.82, 2.24) is 15.6 Å². The largest absolute Gasteiger partial charge is 0.356 e. The number of thioether (sulfide) groups is 1. The molecule has 0 radical (unpaired) electrons. The van der Waals surface area contributed by atoms with Gasteiger partial charge in [-0.3, -0.25) is 4.99 Å². The number of anilines is 1. The van der Waals surface area contributed by atoms with Crippen LogP contribution in [0.1, 0.15) is 25.0 Å². The summed E-state index contributed by atoms with van der Waals surface area (Å²) in [4.78, 5) is 11.3. The van der Waals surface area contributed by atoms with E-state index in [-0.39, 0.29) is 0 Å². The molecule has 2 rings (SSSR count). The summed E-state index contributed by atoms with van der Waals surface area (Å²) in [6.07, 6.45) is 5.53. The monoisotopic (exact) mass is 335 g/mol. The SMILES string of the molecule is CN=C(NCCCSC)NC1CCN(c2cccc(C)n2)CC1. The smallest absolute Gasteiger partial charge is 0.191 e. The summed E-state index contributed by atoms with van der Waals surface area (Å²) < 4.78 is 0. The van der Waals surface area contributed by atoms with E-state index in [0.717, 1.165) is 49.9 Å². The van der Waals surface area contributed by atoms with Crippen molar-refractivity contribution in [2.24, 2.45) is 4.99 Å². The molecule has 1 aliphatic rings. The summed E-state index contributed by atoms with van der Waals surface area (Å²) in [5.41, 5.74) is 1.08. The van der Waals surface area contributed by atoms with Gasteiger partial charge in [-0.1, -0.05) is 6.07 Å². The van der Waals surface area contributed by atoms with E-state index in [1.165, 1.54) is 12.2 Å². The molecule has 2 heterocycles. The van der Waals surface area contributed by atoms with Gasteiger partial charge in [0.05, 0.1) is 0 Å². The highest BCUT2D eigenvalue weighted by Gasteiger charge is 2.20. The molecule has 0 amide bonds. The van der Waals surface area contributed by atoms with Gasteiger partial charge in [0.2, 0.25) is 0 Å². The number of pyridine rings is 1. The molecule has 6 heteroatoms. The molecule has 0 aromatic carbocycles. The lowest BCUT2D eigenvalue weighted by atomic mass is 10.1. The van der Waals surface area contributed by atoms with Gasteiger partial charge in [0.15, 0.2) is 5.96 Å². The Morgan fingerprint density at radius 1 is 1.39 bits per heavy atom. The standard InChI is InChI=1S/C17H29N5S/c1-14-6-4-7-16(20-14)22-11-8-15(9-12-22)21-17(18-2)19-10-5-13-23-3/h4,6-7,15H,5,8-13H2,1-3H3,(H2,18,19,21). The molecule has 0 aliphatic carbocycles. The summed E-state index contributed by atoms with van der Waals surface area (Å²) in [6.45, 7) is 5.10. The molecular weight excluding hydrogens is 306 g/mol. The van der Waals surface area contributed by atoms with Gasteiger partial charge in [-0.05, 0) is 50.3 Å². The number of nitrogens with one attached hydrogen (secondary N) is 2. The summed E-state index contributed by atoms with van der Waals surface area (Å²) in [5, 5.41) is 6.95. The van der Waals surface area contributed by atoms with Gasteiger partial charge in [0, 0.05) is 38.4 Å². The zero-order valence-corrected chi connectivity index (χ0v) is 15.3. The van der Waals surface area contributed by atoms with Crippen molar-refractivity contribution in [3.8, 4) is 0 Å². The average molecular weight is 336 g/mol. The predicted octanol–water partition coefficient (Wildman–Crippen LogP) is 2.28. The Bertz CT molecular complexity index is 498. The third-order valence-electron chi connectivity index (χ3n) is 4.07. The van der Waals surface area contributed by atoms with Crippen molar-refractivity contribution in [2.75, 3.05) is 43.6 Å². The summed E-state index contributed by atoms with van der Waals surface area (Å²) in [6, 6.07) is 6.72. The third kappa shape index (κ3) is 5.94. The maximum absolute atomic E-state index is 4.62. The minimum absolute atomic E-state index is 0.489. The lowest BCUT2D eigenvalue weighted by molar-refractivity contribution is 0.459. The molecule has 0 bridgehead atoms. The number of hydrogen-bond donors (Lipinski definition) is 2. The van der Waals surface area contributed by atoms with E-state index in [1.54, 1.807) is 0 Å². The normalized spacial score (nSPS) is 16.5. The van der Waals surface area contributed by atoms with Crippen LogP contribution in [-0.2, 0) is 0 Å². The average Bonchev–Trinajstić information content (AvgIpc) is 2.58. The zero-order chi connectivity index (χ0) is 16.5. The van der Waals surface area contributed by atoms with Crippen molar-refractivity contribution >= 4 is 23.5 Å². The van der Waals surface area contributed by atoms with Crippen LogP contribution in [0.4, 0.5) is 5.82 Å². The van der Waals surface area contributed by atoms with Crippen LogP contribution in [0.15, 0.2) is 23.2 Å². The van der Waals surface area contributed by atoms with E-state index in [4.69, 9.17) is 0 Å². The Labute approximate surface area is 144 Å². The van der Waals surface area contributed by atoms with Gasteiger partial charge in [0.25, 0.3) is 0 Å². The topological polar surface area (TPSA) is 52.6 Å². The van der Waals surface area contributed by atoms with Crippen LogP contribution in [0.25, 0.3) is 0 Å². The molecule has 1 aromatic rings. The predicted molar refractivity (Wildman–Crippen MR) is 102 cm³/mol. The maximum Gasteiger partial charge on any atom is 0.191 e. The molecule has 1 aliphatic heterocycles. The van der Waals surface area contributed by atoms with Gasteiger partial charge in [-0.25, -0.2) is 4.98 Å². The van der Waals surface area contributed by atoms with Crippen LogP contribution in [0, 0.1) is 6.92 Å². The van der Waals surface area contributed by atoms with E-state index in [2.05, 4.69) is 43.9 Å². The van der Waals surface area contributed by atoms with Gasteiger partial charge in [-0.15, -0.1) is 0 Å². The van der Waals surface area contributed by atoms with Crippen LogP contribution in [0.2, 0.25) is 0 Å². The highest BCUT2D eigenvalue weighted by molar-refractivity contribution is 7.98. The van der Waals surface area contributed by atoms with Crippen molar-refractivity contribution in [3.05, 3.63) is 23.9 Å². The Morgan fingerprint density at radius 3 is 2.83 bits per heavy atom. The number of rotatable bonds is 6. The van der Waals surface area contributed by atoms with Gasteiger partial charge >= 0.3 is 0 Å². The fourth-order valence-corrected chi connectivity index (χ4v) is 3.20. The maximum atomic E-state index is 4.62. The minimum atomic E-state index is 0.489. The molecule has 1 fully saturated rings. The molecule has 1 aromatic heterocycles. The number of aromatic nitrogens is 1. The fourth-order valence-electron chi connectivity index (χ4n) is 2.77. The number of piperidine rings is 1. The van der Waals surface area contributed by atoms with Crippen LogP contribution in [0.3, 0.4) is 0 Å². The summed E-state index contributed by atoms with van der Waals surface area (Å²) in [7, 11) is 1.84. The van der Waals surface area contributed by atoms with Crippen molar-refractivity contribution in [1.29, 1.82) is 0 Å². The quantitative estimate of drug-likeness (QED) is 0.474. The second-order valence-electron chi connectivity index (χ2n) is 5.89. The molecule has 0 atom stereocenters. The van der Waals surface area contributed by atoms with Crippen LogP contribution in [-0.4, -0.2) is 55.7 Å². The molecule has 5 nitrogen and oxygen atoms in total. The van der Waals surface area contributed by atoms with Crippen molar-refractivity contribution in [3.63, 3.8) is 0 Å². The van der Waals surface area contributed by atoms with E-state index in [0.29, 0.717) is 6.04 Å². The first kappa shape index (κ1) is 17.9. The molecule has 2 N–H and O–H groups in total. The Kier molecular flexibility index (Phi) is 7.52. The summed E-state index contributed by atoms with van der Waals surface area (Å²) >= 11 is 1.88. The van der Waals surface area contributed by atoms with Crippen LogP contribution < -0.4 is 15.5 Å². The molecule has 0 unspecified atom stereocenters. The molecule has 1 saturated heterocycles. The van der Waals surface area contributed by atoms with Gasteiger partial charge < -0.3 is 15.5 Å². The van der Waals surface area contributed by atoms with E-state index in [1.807, 2.05) is 31.8 Å². The lowest BCUT2D eigenvalue weighted by Crippen LogP contribution is -2.49. The highest BCUT2D eigenvalue weighted by atomic mass is 32.2. The van der Waals surface area contributed by atoms with Crippen molar-refractivity contribution < 1.29 is 0 Å². The Balaban J connectivity index is 1.75. The lowest BCUT2D eigenvalue weighted by Gasteiger charge is -2.34. The van der Waals surface area contributed by atoms with E-state index < -0.39 is 0 Å². The number of aryl methyl sites for hydroxylation is 1. The van der Waals surface area contributed by atoms with E-state index in [9.17, 15) is 0 Å². The number of hydrogen-bond acceptors (Lipinski definition) is 4. The van der Waals surface area contributed by atoms with Gasteiger partial charge in [-0.2, -0.15) is 11.8 Å². The summed E-state index contributed by atoms with van der Waals surface area (Å²) in [5.74, 6) is 3.22. The fraction of sp³-hybridized carbons (Fsp3) is 0.647. The van der Waals surface area contributed by atoms with Crippen molar-refractivity contribution in [2.45, 2.75) is 32.2 Å². The minimum Gasteiger partial charge on any atom is -0.356 e. The van der Waals surface area contributed by atoms with Crippen LogP contribution in [0.5, 0.6) is 0 Å². The Morgan fingerprint density at radius 2 is 2.17 bits per heavy atom. The number of nitrogens with zero attached hydrogens (tertiary/aromatic N) is 3. The van der Waals surface area contributed by atoms with Gasteiger partial charge in [0.1, 0.15) is 5.82 Å². The molecule has 23 heavy (non-hydrogen) atoms. The van der Waals surface area contributed by atoms with Crippen LogP contribution >= 0.6 is 11.8 Å². The third-order valence-corrected chi connectivity index (χ3v) is 4.77.